The summed E-state index contributed by atoms with van der Waals surface area (Å²) in [6.45, 7) is 1.94. The molecule has 1 aliphatic heterocycles. The Hall–Kier alpha value is -0.770. The molecule has 0 amide bonds. The minimum Gasteiger partial charge on any atom is -0.315 e. The van der Waals surface area contributed by atoms with Crippen molar-refractivity contribution in [3.63, 3.8) is 0 Å². The molecule has 1 aliphatic rings. The molecule has 0 aromatic carbocycles. The van der Waals surface area contributed by atoms with E-state index in [0.717, 1.165) is 24.4 Å². The van der Waals surface area contributed by atoms with Gasteiger partial charge in [0.15, 0.2) is 5.15 Å². The summed E-state index contributed by atoms with van der Waals surface area (Å²) in [5.74, 6) is 1.48. The van der Waals surface area contributed by atoms with Gasteiger partial charge in [-0.3, -0.25) is 0 Å². The third-order valence-corrected chi connectivity index (χ3v) is 3.25. The average molecular weight is 242 g/mol. The lowest BCUT2D eigenvalue weighted by Gasteiger charge is -2.25. The van der Waals surface area contributed by atoms with E-state index < -0.39 is 0 Å². The van der Waals surface area contributed by atoms with E-state index in [9.17, 15) is 0 Å². The second kappa shape index (κ2) is 3.37. The zero-order valence-corrected chi connectivity index (χ0v) is 9.39. The molecule has 0 bridgehead atoms. The van der Waals surface area contributed by atoms with E-state index in [1.54, 1.807) is 0 Å². The molecule has 1 saturated heterocycles. The first-order valence-electron chi connectivity index (χ1n) is 4.79. The van der Waals surface area contributed by atoms with Crippen molar-refractivity contribution >= 4 is 28.7 Å². The lowest BCUT2D eigenvalue weighted by Crippen LogP contribution is -2.40. The van der Waals surface area contributed by atoms with E-state index in [-0.39, 0.29) is 0 Å². The highest BCUT2D eigenvalue weighted by Gasteiger charge is 2.24. The van der Waals surface area contributed by atoms with Crippen LogP contribution in [0.4, 0.5) is 0 Å². The van der Waals surface area contributed by atoms with Crippen LogP contribution in [0.2, 0.25) is 10.2 Å². The van der Waals surface area contributed by atoms with Gasteiger partial charge in [-0.25, -0.2) is 4.98 Å². The van der Waals surface area contributed by atoms with Crippen molar-refractivity contribution in [1.82, 2.24) is 14.7 Å². The molecule has 0 aliphatic carbocycles. The van der Waals surface area contributed by atoms with E-state index in [2.05, 4.69) is 10.3 Å². The van der Waals surface area contributed by atoms with E-state index in [0.29, 0.717) is 16.1 Å². The second-order valence-electron chi connectivity index (χ2n) is 3.72. The Bertz CT molecular complexity index is 517. The molecule has 2 aromatic heterocycles. The molecule has 1 N–H and O–H groups in total. The number of nitrogens with zero attached hydrogens (tertiary/aromatic N) is 2. The Morgan fingerprint density at radius 3 is 2.87 bits per heavy atom. The first-order valence-corrected chi connectivity index (χ1v) is 5.55. The molecule has 3 heterocycles. The molecule has 0 atom stereocenters. The highest BCUT2D eigenvalue weighted by atomic mass is 35.5. The van der Waals surface area contributed by atoms with E-state index in [1.807, 2.05) is 22.7 Å². The van der Waals surface area contributed by atoms with E-state index in [1.165, 1.54) is 0 Å². The number of imidazole rings is 1. The molecular formula is C10H9Cl2N3. The van der Waals surface area contributed by atoms with Crippen molar-refractivity contribution in [2.45, 2.75) is 5.92 Å². The van der Waals surface area contributed by atoms with Gasteiger partial charge in [0.2, 0.25) is 0 Å². The summed E-state index contributed by atoms with van der Waals surface area (Å²) < 4.78 is 2.01. The largest absolute Gasteiger partial charge is 0.315 e. The summed E-state index contributed by atoms with van der Waals surface area (Å²) in [4.78, 5) is 4.38. The van der Waals surface area contributed by atoms with Gasteiger partial charge in [-0.1, -0.05) is 23.2 Å². The highest BCUT2D eigenvalue weighted by molar-refractivity contribution is 6.34. The lowest BCUT2D eigenvalue weighted by atomic mass is 10.0. The molecule has 0 spiro atoms. The predicted molar refractivity (Wildman–Crippen MR) is 60.8 cm³/mol. The normalized spacial score (nSPS) is 16.9. The summed E-state index contributed by atoms with van der Waals surface area (Å²) >= 11 is 12.0. The van der Waals surface area contributed by atoms with Crippen LogP contribution in [0.25, 0.3) is 5.52 Å². The smallest absolute Gasteiger partial charge is 0.155 e. The van der Waals surface area contributed by atoms with Crippen LogP contribution in [0.1, 0.15) is 11.7 Å². The molecular weight excluding hydrogens is 233 g/mol. The first kappa shape index (κ1) is 9.46. The van der Waals surface area contributed by atoms with Gasteiger partial charge in [-0.15, -0.1) is 0 Å². The van der Waals surface area contributed by atoms with E-state index >= 15 is 0 Å². The Labute approximate surface area is 97.0 Å². The molecule has 0 radical (unpaired) electrons. The molecule has 1 fully saturated rings. The summed E-state index contributed by atoms with van der Waals surface area (Å²) in [5, 5.41) is 4.43. The quantitative estimate of drug-likeness (QED) is 0.831. The molecule has 15 heavy (non-hydrogen) atoms. The van der Waals surface area contributed by atoms with Gasteiger partial charge >= 0.3 is 0 Å². The van der Waals surface area contributed by atoms with Crippen molar-refractivity contribution in [3.8, 4) is 0 Å². The maximum atomic E-state index is 6.06. The molecule has 2 aromatic rings. The average Bonchev–Trinajstić information content (AvgIpc) is 2.41. The maximum absolute atomic E-state index is 6.06. The van der Waals surface area contributed by atoms with Crippen LogP contribution in [0.15, 0.2) is 18.3 Å². The molecule has 3 nitrogen and oxygen atoms in total. The first-order chi connectivity index (χ1) is 7.25. The van der Waals surface area contributed by atoms with Crippen molar-refractivity contribution < 1.29 is 0 Å². The standard InChI is InChI=1S/C10H9Cl2N3/c11-7-1-2-15-8(3-7)9(12)14-10(15)6-4-13-5-6/h1-3,6,13H,4-5H2. The van der Waals surface area contributed by atoms with Gasteiger partial charge in [-0.05, 0) is 12.1 Å². The zero-order valence-electron chi connectivity index (χ0n) is 7.87. The fraction of sp³-hybridized carbons (Fsp3) is 0.300. The van der Waals surface area contributed by atoms with Crippen LogP contribution in [0, 0.1) is 0 Å². The van der Waals surface area contributed by atoms with Crippen molar-refractivity contribution in [2.24, 2.45) is 0 Å². The minimum absolute atomic E-state index is 0.464. The number of fused-ring (bicyclic) bond motifs is 1. The van der Waals surface area contributed by atoms with Crippen LogP contribution >= 0.6 is 23.2 Å². The fourth-order valence-corrected chi connectivity index (χ4v) is 2.20. The fourth-order valence-electron chi connectivity index (χ4n) is 1.80. The number of hydrogen-bond acceptors (Lipinski definition) is 2. The molecule has 5 heteroatoms. The molecule has 3 rings (SSSR count). The maximum Gasteiger partial charge on any atom is 0.155 e. The van der Waals surface area contributed by atoms with Crippen LogP contribution < -0.4 is 5.32 Å². The van der Waals surface area contributed by atoms with Crippen molar-refractivity contribution in [3.05, 3.63) is 34.3 Å². The summed E-state index contributed by atoms with van der Waals surface area (Å²) in [7, 11) is 0. The molecule has 78 valence electrons. The van der Waals surface area contributed by atoms with Crippen LogP contribution in [-0.2, 0) is 0 Å². The van der Waals surface area contributed by atoms with Gasteiger partial charge in [-0.2, -0.15) is 0 Å². The Morgan fingerprint density at radius 1 is 1.40 bits per heavy atom. The third kappa shape index (κ3) is 1.42. The topological polar surface area (TPSA) is 29.3 Å². The van der Waals surface area contributed by atoms with E-state index in [4.69, 9.17) is 23.2 Å². The van der Waals surface area contributed by atoms with Crippen LogP contribution in [0.5, 0.6) is 0 Å². The number of hydrogen-bond donors (Lipinski definition) is 1. The molecule has 0 saturated carbocycles. The summed E-state index contributed by atoms with van der Waals surface area (Å²) in [6.07, 6.45) is 1.92. The monoisotopic (exact) mass is 241 g/mol. The highest BCUT2D eigenvalue weighted by Crippen LogP contribution is 2.27. The minimum atomic E-state index is 0.464. The van der Waals surface area contributed by atoms with Gasteiger partial charge in [0.1, 0.15) is 5.82 Å². The van der Waals surface area contributed by atoms with Crippen LogP contribution in [-0.4, -0.2) is 22.5 Å². The SMILES string of the molecule is Clc1ccn2c(C3CNC3)nc(Cl)c2c1. The number of halogens is 2. The Morgan fingerprint density at radius 2 is 2.20 bits per heavy atom. The zero-order chi connectivity index (χ0) is 10.4. The molecule has 0 unspecified atom stereocenters. The number of nitrogens with one attached hydrogen (secondary N) is 1. The summed E-state index contributed by atoms with van der Waals surface area (Å²) in [6, 6.07) is 3.69. The second-order valence-corrected chi connectivity index (χ2v) is 4.51. The van der Waals surface area contributed by atoms with Crippen molar-refractivity contribution in [2.75, 3.05) is 13.1 Å². The summed E-state index contributed by atoms with van der Waals surface area (Å²) in [5.41, 5.74) is 0.881. The van der Waals surface area contributed by atoms with Gasteiger partial charge in [0, 0.05) is 30.2 Å². The number of pyridine rings is 1. The third-order valence-electron chi connectivity index (χ3n) is 2.73. The number of rotatable bonds is 1. The Balaban J connectivity index is 2.22. The van der Waals surface area contributed by atoms with Crippen LogP contribution in [0.3, 0.4) is 0 Å². The van der Waals surface area contributed by atoms with Gasteiger partial charge in [0.05, 0.1) is 5.52 Å². The Kier molecular flexibility index (Phi) is 2.12. The van der Waals surface area contributed by atoms with Crippen molar-refractivity contribution in [1.29, 1.82) is 0 Å². The predicted octanol–water partition coefficient (Wildman–Crippen LogP) is 2.33. The lowest BCUT2D eigenvalue weighted by molar-refractivity contribution is 0.429. The number of aromatic nitrogens is 2. The van der Waals surface area contributed by atoms with Gasteiger partial charge < -0.3 is 9.72 Å². The van der Waals surface area contributed by atoms with Gasteiger partial charge in [0.25, 0.3) is 0 Å².